The topological polar surface area (TPSA) is 26.5 Å². The molecule has 2 aromatic heterocycles. The molecule has 0 aromatic carbocycles. The van der Waals surface area contributed by atoms with Gasteiger partial charge in [0.25, 0.3) is 0 Å². The second-order valence-electron chi connectivity index (χ2n) is 6.31. The molecular formula is C17H24N2OS. The average molecular weight is 304 g/mol. The Morgan fingerprint density at radius 2 is 2.14 bits per heavy atom. The maximum Gasteiger partial charge on any atom is 0.166 e. The van der Waals surface area contributed by atoms with Gasteiger partial charge < -0.3 is 8.58 Å². The molecule has 0 saturated heterocycles. The predicted molar refractivity (Wildman–Crippen MR) is 88.9 cm³/mol. The number of aromatic nitrogens is 2. The van der Waals surface area contributed by atoms with Crippen molar-refractivity contribution in [3.63, 3.8) is 0 Å². The molecule has 1 saturated carbocycles. The van der Waals surface area contributed by atoms with Crippen LogP contribution in [0.1, 0.15) is 57.4 Å². The van der Waals surface area contributed by atoms with Crippen molar-refractivity contribution in [3.05, 3.63) is 30.4 Å². The number of imidazole rings is 1. The molecule has 2 aromatic rings. The van der Waals surface area contributed by atoms with Gasteiger partial charge in [0.2, 0.25) is 0 Å². The summed E-state index contributed by atoms with van der Waals surface area (Å²) in [7, 11) is 0. The van der Waals surface area contributed by atoms with Gasteiger partial charge in [-0.1, -0.05) is 33.1 Å². The lowest BCUT2D eigenvalue weighted by atomic mass is 9.91. The standard InChI is InChI=1S/C17H24N2OS/c1-13(2)15-8-9-19-12-18-10-16(19)17(15)20-21-11-14-6-4-3-5-7-14/h8-10,12-14H,3-7,11H2,1-2H3. The van der Waals surface area contributed by atoms with Crippen molar-refractivity contribution in [1.29, 1.82) is 0 Å². The minimum atomic E-state index is 0.454. The average Bonchev–Trinajstić information content (AvgIpc) is 2.97. The molecule has 0 spiro atoms. The summed E-state index contributed by atoms with van der Waals surface area (Å²) in [5, 5.41) is 0. The van der Waals surface area contributed by atoms with E-state index in [-0.39, 0.29) is 0 Å². The highest BCUT2D eigenvalue weighted by atomic mass is 32.2. The summed E-state index contributed by atoms with van der Waals surface area (Å²) in [6.07, 6.45) is 12.7. The van der Waals surface area contributed by atoms with Crippen molar-refractivity contribution in [3.8, 4) is 5.75 Å². The van der Waals surface area contributed by atoms with Crippen LogP contribution >= 0.6 is 12.0 Å². The summed E-state index contributed by atoms with van der Waals surface area (Å²) in [4.78, 5) is 4.23. The summed E-state index contributed by atoms with van der Waals surface area (Å²) < 4.78 is 8.16. The predicted octanol–water partition coefficient (Wildman–Crippen LogP) is 5.07. The molecule has 3 nitrogen and oxygen atoms in total. The van der Waals surface area contributed by atoms with Gasteiger partial charge in [0.15, 0.2) is 5.75 Å². The molecule has 0 aliphatic heterocycles. The van der Waals surface area contributed by atoms with Gasteiger partial charge in [0, 0.05) is 17.5 Å². The zero-order valence-corrected chi connectivity index (χ0v) is 13.7. The van der Waals surface area contributed by atoms with Gasteiger partial charge in [-0.3, -0.25) is 0 Å². The Morgan fingerprint density at radius 1 is 1.33 bits per heavy atom. The Hall–Kier alpha value is -1.16. The first-order valence-electron chi connectivity index (χ1n) is 7.99. The first-order valence-corrected chi connectivity index (χ1v) is 8.91. The molecule has 0 radical (unpaired) electrons. The molecular weight excluding hydrogens is 280 g/mol. The van der Waals surface area contributed by atoms with E-state index in [0.29, 0.717) is 5.92 Å². The highest BCUT2D eigenvalue weighted by Gasteiger charge is 2.17. The van der Waals surface area contributed by atoms with E-state index in [1.165, 1.54) is 37.7 Å². The van der Waals surface area contributed by atoms with E-state index in [9.17, 15) is 0 Å². The molecule has 4 heteroatoms. The second kappa shape index (κ2) is 6.73. The van der Waals surface area contributed by atoms with Gasteiger partial charge in [-0.2, -0.15) is 0 Å². The van der Waals surface area contributed by atoms with Crippen LogP contribution in [0.25, 0.3) is 5.52 Å². The van der Waals surface area contributed by atoms with E-state index < -0.39 is 0 Å². The Labute approximate surface area is 131 Å². The fourth-order valence-corrected chi connectivity index (χ4v) is 3.97. The van der Waals surface area contributed by atoms with Gasteiger partial charge in [0.1, 0.15) is 5.52 Å². The normalized spacial score (nSPS) is 16.7. The van der Waals surface area contributed by atoms with Crippen LogP contribution in [-0.4, -0.2) is 15.1 Å². The van der Waals surface area contributed by atoms with Crippen molar-refractivity contribution < 1.29 is 4.18 Å². The van der Waals surface area contributed by atoms with Gasteiger partial charge in [-0.05, 0) is 30.7 Å². The zero-order valence-electron chi connectivity index (χ0n) is 12.9. The fourth-order valence-electron chi connectivity index (χ4n) is 3.07. The van der Waals surface area contributed by atoms with Crippen molar-refractivity contribution in [1.82, 2.24) is 9.38 Å². The van der Waals surface area contributed by atoms with Crippen molar-refractivity contribution in [2.45, 2.75) is 51.9 Å². The first-order chi connectivity index (χ1) is 10.3. The molecule has 2 heterocycles. The smallest absolute Gasteiger partial charge is 0.166 e. The number of nitrogens with zero attached hydrogens (tertiary/aromatic N) is 2. The Bertz CT molecular complexity index is 587. The summed E-state index contributed by atoms with van der Waals surface area (Å²) in [5.41, 5.74) is 2.33. The number of hydrogen-bond donors (Lipinski definition) is 0. The molecule has 1 fully saturated rings. The van der Waals surface area contributed by atoms with Gasteiger partial charge >= 0.3 is 0 Å². The molecule has 0 unspecified atom stereocenters. The lowest BCUT2D eigenvalue weighted by Gasteiger charge is -2.21. The highest BCUT2D eigenvalue weighted by molar-refractivity contribution is 7.95. The Morgan fingerprint density at radius 3 is 2.90 bits per heavy atom. The third-order valence-electron chi connectivity index (χ3n) is 4.37. The molecule has 0 bridgehead atoms. The van der Waals surface area contributed by atoms with E-state index >= 15 is 0 Å². The molecule has 21 heavy (non-hydrogen) atoms. The number of pyridine rings is 1. The monoisotopic (exact) mass is 304 g/mol. The molecule has 0 atom stereocenters. The summed E-state index contributed by atoms with van der Waals surface area (Å²) >= 11 is 1.62. The molecule has 0 amide bonds. The van der Waals surface area contributed by atoms with E-state index in [0.717, 1.165) is 22.9 Å². The third-order valence-corrected chi connectivity index (χ3v) is 5.26. The van der Waals surface area contributed by atoms with Crippen LogP contribution in [0.5, 0.6) is 5.75 Å². The zero-order chi connectivity index (χ0) is 14.7. The lowest BCUT2D eigenvalue weighted by Crippen LogP contribution is -2.09. The van der Waals surface area contributed by atoms with Crippen LogP contribution in [0.3, 0.4) is 0 Å². The minimum Gasteiger partial charge on any atom is -0.423 e. The Balaban J connectivity index is 1.72. The number of rotatable bonds is 5. The maximum absolute atomic E-state index is 6.13. The van der Waals surface area contributed by atoms with Gasteiger partial charge in [-0.15, -0.1) is 0 Å². The van der Waals surface area contributed by atoms with Crippen molar-refractivity contribution in [2.75, 3.05) is 5.75 Å². The maximum atomic E-state index is 6.13. The number of hydrogen-bond acceptors (Lipinski definition) is 3. The van der Waals surface area contributed by atoms with Crippen LogP contribution in [0.15, 0.2) is 24.8 Å². The van der Waals surface area contributed by atoms with Crippen LogP contribution in [0.2, 0.25) is 0 Å². The van der Waals surface area contributed by atoms with E-state index in [2.05, 4.69) is 31.1 Å². The summed E-state index contributed by atoms with van der Waals surface area (Å²) in [5.74, 6) is 3.38. The van der Waals surface area contributed by atoms with Crippen molar-refractivity contribution in [2.24, 2.45) is 5.92 Å². The third kappa shape index (κ3) is 3.37. The van der Waals surface area contributed by atoms with Gasteiger partial charge in [0.05, 0.1) is 24.6 Å². The molecule has 0 N–H and O–H groups in total. The van der Waals surface area contributed by atoms with Crippen LogP contribution < -0.4 is 4.18 Å². The fraction of sp³-hybridized carbons (Fsp3) is 0.588. The van der Waals surface area contributed by atoms with E-state index in [1.54, 1.807) is 12.0 Å². The molecule has 114 valence electrons. The quantitative estimate of drug-likeness (QED) is 0.722. The Kier molecular flexibility index (Phi) is 4.73. The van der Waals surface area contributed by atoms with E-state index in [1.807, 2.05) is 16.9 Å². The van der Waals surface area contributed by atoms with Crippen LogP contribution in [0, 0.1) is 5.92 Å². The number of fused-ring (bicyclic) bond motifs is 1. The first kappa shape index (κ1) is 14.8. The molecule has 1 aliphatic rings. The SMILES string of the molecule is CC(C)c1ccn2cncc2c1OSCC1CCCCC1. The lowest BCUT2D eigenvalue weighted by molar-refractivity contribution is 0.388. The summed E-state index contributed by atoms with van der Waals surface area (Å²) in [6.45, 7) is 4.42. The largest absolute Gasteiger partial charge is 0.423 e. The van der Waals surface area contributed by atoms with E-state index in [4.69, 9.17) is 4.18 Å². The van der Waals surface area contributed by atoms with Crippen LogP contribution in [-0.2, 0) is 0 Å². The van der Waals surface area contributed by atoms with Crippen LogP contribution in [0.4, 0.5) is 0 Å². The summed E-state index contributed by atoms with van der Waals surface area (Å²) in [6, 6.07) is 2.15. The molecule has 3 rings (SSSR count). The highest BCUT2D eigenvalue weighted by Crippen LogP contribution is 2.34. The second-order valence-corrected chi connectivity index (χ2v) is 7.05. The van der Waals surface area contributed by atoms with Crippen molar-refractivity contribution >= 4 is 17.6 Å². The minimum absolute atomic E-state index is 0.454. The van der Waals surface area contributed by atoms with Gasteiger partial charge in [-0.25, -0.2) is 4.98 Å². The molecule has 1 aliphatic carbocycles.